The summed E-state index contributed by atoms with van der Waals surface area (Å²) in [5.74, 6) is 2.19. The summed E-state index contributed by atoms with van der Waals surface area (Å²) in [7, 11) is 0. The Balaban J connectivity index is 1.27. The molecule has 0 N–H and O–H groups in total. The topological polar surface area (TPSA) is 80.0 Å². The van der Waals surface area contributed by atoms with Crippen molar-refractivity contribution in [2.24, 2.45) is 5.92 Å². The number of anilines is 1. The van der Waals surface area contributed by atoms with Crippen LogP contribution in [0.3, 0.4) is 0 Å². The van der Waals surface area contributed by atoms with Gasteiger partial charge >= 0.3 is 0 Å². The molecule has 4 heterocycles. The van der Waals surface area contributed by atoms with Crippen molar-refractivity contribution in [3.63, 3.8) is 0 Å². The minimum atomic E-state index is 0.00521. The van der Waals surface area contributed by atoms with Gasteiger partial charge < -0.3 is 9.80 Å². The molecule has 2 aromatic heterocycles. The predicted molar refractivity (Wildman–Crippen MR) is 100 cm³/mol. The van der Waals surface area contributed by atoms with Crippen molar-refractivity contribution in [2.75, 3.05) is 31.1 Å². The van der Waals surface area contributed by atoms with Crippen LogP contribution in [0.15, 0.2) is 36.9 Å². The van der Waals surface area contributed by atoms with Crippen molar-refractivity contribution in [1.82, 2.24) is 29.6 Å². The molecular weight excluding hydrogens is 342 g/mol. The second-order valence-corrected chi connectivity index (χ2v) is 7.12. The lowest BCUT2D eigenvalue weighted by Gasteiger charge is -2.37. The van der Waals surface area contributed by atoms with Crippen LogP contribution in [0.4, 0.5) is 5.82 Å². The molecule has 138 valence electrons. The van der Waals surface area contributed by atoms with Gasteiger partial charge in [-0.05, 0) is 18.6 Å². The van der Waals surface area contributed by atoms with Crippen molar-refractivity contribution in [2.45, 2.75) is 19.4 Å². The monoisotopic (exact) mass is 363 g/mol. The van der Waals surface area contributed by atoms with E-state index in [4.69, 9.17) is 0 Å². The van der Waals surface area contributed by atoms with Gasteiger partial charge in [-0.1, -0.05) is 12.1 Å². The molecule has 1 atom stereocenters. The molecule has 1 unspecified atom stereocenters. The Morgan fingerprint density at radius 2 is 1.85 bits per heavy atom. The lowest BCUT2D eigenvalue weighted by atomic mass is 9.98. The zero-order chi connectivity index (χ0) is 18.2. The molecule has 8 nitrogen and oxygen atoms in total. The number of hydrogen-bond donors (Lipinski definition) is 0. The summed E-state index contributed by atoms with van der Waals surface area (Å²) in [4.78, 5) is 30.3. The third-order valence-corrected chi connectivity index (χ3v) is 5.57. The Morgan fingerprint density at radius 1 is 1.00 bits per heavy atom. The lowest BCUT2D eigenvalue weighted by molar-refractivity contribution is -0.137. The molecule has 0 aliphatic carbocycles. The van der Waals surface area contributed by atoms with Gasteiger partial charge in [0.25, 0.3) is 0 Å². The maximum absolute atomic E-state index is 13.0. The number of benzene rings is 1. The van der Waals surface area contributed by atoms with Gasteiger partial charge in [0.2, 0.25) is 5.91 Å². The van der Waals surface area contributed by atoms with Gasteiger partial charge in [0.15, 0.2) is 0 Å². The van der Waals surface area contributed by atoms with Crippen molar-refractivity contribution < 1.29 is 4.79 Å². The van der Waals surface area contributed by atoms with Gasteiger partial charge in [0, 0.05) is 38.0 Å². The normalized spacial score (nSPS) is 19.9. The molecule has 0 bridgehead atoms. The number of piperazine rings is 1. The lowest BCUT2D eigenvalue weighted by Crippen LogP contribution is -2.51. The first-order valence-corrected chi connectivity index (χ1v) is 9.40. The molecule has 1 aromatic carbocycles. The van der Waals surface area contributed by atoms with Gasteiger partial charge in [-0.25, -0.2) is 19.6 Å². The minimum Gasteiger partial charge on any atom is -0.352 e. The van der Waals surface area contributed by atoms with Crippen molar-refractivity contribution in [3.05, 3.63) is 42.7 Å². The smallest absolute Gasteiger partial charge is 0.227 e. The molecule has 0 radical (unpaired) electrons. The third-order valence-electron chi connectivity index (χ3n) is 5.57. The first kappa shape index (κ1) is 16.2. The molecular formula is C19H21N7O. The van der Waals surface area contributed by atoms with Crippen LogP contribution in [0, 0.1) is 5.92 Å². The standard InChI is InChI=1S/C19H21N7O/c27-19(14-5-6-17-21-13-23-26(17)11-14)25-9-7-24(8-10-25)18-15-3-1-2-4-16(15)20-12-22-18/h1-4,12-14H,5-11H2. The van der Waals surface area contributed by atoms with Crippen LogP contribution in [0.25, 0.3) is 10.9 Å². The minimum absolute atomic E-state index is 0.00521. The summed E-state index contributed by atoms with van der Waals surface area (Å²) in [5.41, 5.74) is 0.951. The molecule has 3 aromatic rings. The number of aryl methyl sites for hydroxylation is 1. The maximum atomic E-state index is 13.0. The average Bonchev–Trinajstić information content (AvgIpc) is 3.21. The summed E-state index contributed by atoms with van der Waals surface area (Å²) >= 11 is 0. The van der Waals surface area contributed by atoms with Crippen LogP contribution >= 0.6 is 0 Å². The van der Waals surface area contributed by atoms with Gasteiger partial charge in [0.1, 0.15) is 24.3 Å². The Hall–Kier alpha value is -3.03. The van der Waals surface area contributed by atoms with E-state index in [0.29, 0.717) is 6.54 Å². The van der Waals surface area contributed by atoms with Crippen molar-refractivity contribution >= 4 is 22.6 Å². The fourth-order valence-corrected chi connectivity index (χ4v) is 4.08. The predicted octanol–water partition coefficient (Wildman–Crippen LogP) is 1.13. The van der Waals surface area contributed by atoms with E-state index in [-0.39, 0.29) is 11.8 Å². The molecule has 2 aliphatic heterocycles. The number of aromatic nitrogens is 5. The molecule has 5 rings (SSSR count). The highest BCUT2D eigenvalue weighted by atomic mass is 16.2. The number of amides is 1. The van der Waals surface area contributed by atoms with Crippen LogP contribution in [-0.4, -0.2) is 61.7 Å². The summed E-state index contributed by atoms with van der Waals surface area (Å²) < 4.78 is 1.87. The van der Waals surface area contributed by atoms with E-state index in [1.165, 1.54) is 0 Å². The highest BCUT2D eigenvalue weighted by Gasteiger charge is 2.31. The first-order chi connectivity index (χ1) is 13.3. The molecule has 1 amide bonds. The zero-order valence-electron chi connectivity index (χ0n) is 15.0. The summed E-state index contributed by atoms with van der Waals surface area (Å²) in [5, 5.41) is 5.29. The Labute approximate surface area is 156 Å². The largest absolute Gasteiger partial charge is 0.352 e. The second-order valence-electron chi connectivity index (χ2n) is 7.12. The van der Waals surface area contributed by atoms with E-state index in [0.717, 1.165) is 61.6 Å². The van der Waals surface area contributed by atoms with Crippen LogP contribution < -0.4 is 4.90 Å². The molecule has 1 saturated heterocycles. The quantitative estimate of drug-likeness (QED) is 0.679. The highest BCUT2D eigenvalue weighted by Crippen LogP contribution is 2.25. The molecule has 1 fully saturated rings. The van der Waals surface area contributed by atoms with Gasteiger partial charge in [-0.3, -0.25) is 4.79 Å². The average molecular weight is 363 g/mol. The highest BCUT2D eigenvalue weighted by molar-refractivity contribution is 5.89. The van der Waals surface area contributed by atoms with E-state index in [2.05, 4.69) is 31.0 Å². The Bertz CT molecular complexity index is 972. The molecule has 27 heavy (non-hydrogen) atoms. The SMILES string of the molecule is O=C(C1CCc2ncnn2C1)N1CCN(c2ncnc3ccccc23)CC1. The second kappa shape index (κ2) is 6.61. The number of para-hydroxylation sites is 1. The Kier molecular flexibility index (Phi) is 3.95. The summed E-state index contributed by atoms with van der Waals surface area (Å²) in [6.45, 7) is 3.66. The number of fused-ring (bicyclic) bond motifs is 2. The molecule has 0 saturated carbocycles. The van der Waals surface area contributed by atoms with E-state index in [1.807, 2.05) is 27.8 Å². The number of nitrogens with zero attached hydrogens (tertiary/aromatic N) is 7. The fraction of sp³-hybridized carbons (Fsp3) is 0.421. The van der Waals surface area contributed by atoms with Gasteiger partial charge in [0.05, 0.1) is 18.0 Å². The number of carbonyl (C=O) groups excluding carboxylic acids is 1. The van der Waals surface area contributed by atoms with Crippen LogP contribution in [0.2, 0.25) is 0 Å². The summed E-state index contributed by atoms with van der Waals surface area (Å²) in [6, 6.07) is 8.05. The van der Waals surface area contributed by atoms with Gasteiger partial charge in [-0.15, -0.1) is 0 Å². The summed E-state index contributed by atoms with van der Waals surface area (Å²) in [6.07, 6.45) is 4.87. The van der Waals surface area contributed by atoms with Gasteiger partial charge in [-0.2, -0.15) is 5.10 Å². The molecule has 0 spiro atoms. The molecule has 8 heteroatoms. The van der Waals surface area contributed by atoms with Crippen LogP contribution in [0.5, 0.6) is 0 Å². The maximum Gasteiger partial charge on any atom is 0.227 e. The number of carbonyl (C=O) groups is 1. The van der Waals surface area contributed by atoms with E-state index >= 15 is 0 Å². The number of hydrogen-bond acceptors (Lipinski definition) is 6. The van der Waals surface area contributed by atoms with E-state index in [9.17, 15) is 4.79 Å². The first-order valence-electron chi connectivity index (χ1n) is 9.40. The fourth-order valence-electron chi connectivity index (χ4n) is 4.08. The van der Waals surface area contributed by atoms with E-state index < -0.39 is 0 Å². The van der Waals surface area contributed by atoms with Crippen LogP contribution in [0.1, 0.15) is 12.2 Å². The third kappa shape index (κ3) is 2.90. The Morgan fingerprint density at radius 3 is 2.74 bits per heavy atom. The number of rotatable bonds is 2. The van der Waals surface area contributed by atoms with Crippen molar-refractivity contribution in [3.8, 4) is 0 Å². The van der Waals surface area contributed by atoms with Crippen molar-refractivity contribution in [1.29, 1.82) is 0 Å². The van der Waals surface area contributed by atoms with Crippen LogP contribution in [-0.2, 0) is 17.8 Å². The van der Waals surface area contributed by atoms with E-state index in [1.54, 1.807) is 12.7 Å². The molecule has 2 aliphatic rings. The zero-order valence-corrected chi connectivity index (χ0v) is 15.0.